The molecule has 0 aliphatic carbocycles. The van der Waals surface area contributed by atoms with Crippen molar-refractivity contribution in [1.29, 1.82) is 0 Å². The number of nitrogens with one attached hydrogen (secondary N) is 1. The first-order chi connectivity index (χ1) is 14.2. The van der Waals surface area contributed by atoms with Gasteiger partial charge in [-0.25, -0.2) is 0 Å². The maximum absolute atomic E-state index is 9.96. The van der Waals surface area contributed by atoms with Crippen LogP contribution in [0.2, 0.25) is 0 Å². The molecule has 2 aliphatic rings. The first-order valence-electron chi connectivity index (χ1n) is 11.2. The van der Waals surface area contributed by atoms with Crippen LogP contribution in [0.3, 0.4) is 0 Å². The van der Waals surface area contributed by atoms with Crippen LogP contribution in [-0.2, 0) is 4.74 Å². The smallest absolute Gasteiger partial charge is 0.194 e. The Morgan fingerprint density at radius 3 is 2.41 bits per heavy atom. The molecule has 3 rings (SSSR count). The van der Waals surface area contributed by atoms with E-state index in [0.29, 0.717) is 12.6 Å². The van der Waals surface area contributed by atoms with Gasteiger partial charge in [0.15, 0.2) is 5.96 Å². The number of nitrogens with zero attached hydrogens (tertiary/aromatic N) is 3. The van der Waals surface area contributed by atoms with E-state index in [0.717, 1.165) is 71.2 Å². The molecule has 2 aliphatic heterocycles. The molecule has 0 aromatic heterocycles. The van der Waals surface area contributed by atoms with Gasteiger partial charge in [0.2, 0.25) is 0 Å². The summed E-state index contributed by atoms with van der Waals surface area (Å²) in [6.45, 7) is 11.6. The van der Waals surface area contributed by atoms with E-state index < -0.39 is 0 Å². The van der Waals surface area contributed by atoms with Crippen LogP contribution >= 0.6 is 0 Å². The highest BCUT2D eigenvalue weighted by atomic mass is 16.5. The number of benzene rings is 1. The SMILES string of the molecule is CCNC(=NCC1(CO)CCOCC1)N1CCN(C(CC)c2ccccc2)CC1. The lowest BCUT2D eigenvalue weighted by Gasteiger charge is -2.41. The Morgan fingerprint density at radius 2 is 1.83 bits per heavy atom. The van der Waals surface area contributed by atoms with Crippen molar-refractivity contribution in [2.75, 3.05) is 59.1 Å². The Morgan fingerprint density at radius 1 is 1.14 bits per heavy atom. The normalized spacial score (nSPS) is 21.8. The number of aliphatic hydroxyl groups is 1. The second-order valence-corrected chi connectivity index (χ2v) is 8.30. The molecule has 0 saturated carbocycles. The van der Waals surface area contributed by atoms with Crippen molar-refractivity contribution in [2.45, 2.75) is 39.2 Å². The molecule has 2 N–H and O–H groups in total. The Labute approximate surface area is 175 Å². The van der Waals surface area contributed by atoms with Gasteiger partial charge in [-0.2, -0.15) is 0 Å². The number of guanidine groups is 1. The van der Waals surface area contributed by atoms with E-state index in [4.69, 9.17) is 9.73 Å². The van der Waals surface area contributed by atoms with Crippen molar-refractivity contribution in [3.05, 3.63) is 35.9 Å². The fraction of sp³-hybridized carbons (Fsp3) is 0.696. The Kier molecular flexibility index (Phi) is 8.33. The largest absolute Gasteiger partial charge is 0.396 e. The highest BCUT2D eigenvalue weighted by Crippen LogP contribution is 2.30. The number of ether oxygens (including phenoxy) is 1. The monoisotopic (exact) mass is 402 g/mol. The van der Waals surface area contributed by atoms with E-state index in [1.807, 2.05) is 0 Å². The Hall–Kier alpha value is -1.63. The molecule has 1 atom stereocenters. The van der Waals surface area contributed by atoms with Crippen LogP contribution in [0.15, 0.2) is 35.3 Å². The van der Waals surface area contributed by atoms with Crippen LogP contribution in [-0.4, -0.2) is 80.0 Å². The maximum atomic E-state index is 9.96. The predicted octanol–water partition coefficient (Wildman–Crippen LogP) is 2.51. The minimum Gasteiger partial charge on any atom is -0.396 e. The number of aliphatic hydroxyl groups excluding tert-OH is 1. The summed E-state index contributed by atoms with van der Waals surface area (Å²) in [6.07, 6.45) is 2.89. The van der Waals surface area contributed by atoms with Crippen molar-refractivity contribution in [3.63, 3.8) is 0 Å². The minimum absolute atomic E-state index is 0.124. The quantitative estimate of drug-likeness (QED) is 0.542. The highest BCUT2D eigenvalue weighted by molar-refractivity contribution is 5.80. The van der Waals surface area contributed by atoms with Gasteiger partial charge >= 0.3 is 0 Å². The lowest BCUT2D eigenvalue weighted by Crippen LogP contribution is -2.53. The molecule has 2 fully saturated rings. The van der Waals surface area contributed by atoms with Gasteiger partial charge in [-0.3, -0.25) is 9.89 Å². The Bertz CT molecular complexity index is 623. The number of hydrogen-bond donors (Lipinski definition) is 2. The van der Waals surface area contributed by atoms with E-state index >= 15 is 0 Å². The molecule has 0 bridgehead atoms. The van der Waals surface area contributed by atoms with Crippen LogP contribution in [0.25, 0.3) is 0 Å². The average molecular weight is 403 g/mol. The van der Waals surface area contributed by atoms with Crippen LogP contribution in [0.4, 0.5) is 0 Å². The van der Waals surface area contributed by atoms with Crippen molar-refractivity contribution < 1.29 is 9.84 Å². The third-order valence-electron chi connectivity index (χ3n) is 6.41. The van der Waals surface area contributed by atoms with Gasteiger partial charge < -0.3 is 20.1 Å². The molecule has 2 saturated heterocycles. The zero-order chi connectivity index (χ0) is 20.5. The predicted molar refractivity (Wildman–Crippen MR) is 118 cm³/mol. The standard InChI is InChI=1S/C23H38N4O2/c1-3-21(20-8-6-5-7-9-20)26-12-14-27(15-13-26)22(24-4-2)25-18-23(19-28)10-16-29-17-11-23/h5-9,21,28H,3-4,10-19H2,1-2H3,(H,24,25). The zero-order valence-electron chi connectivity index (χ0n) is 18.1. The molecular formula is C23H38N4O2. The van der Waals surface area contributed by atoms with Crippen molar-refractivity contribution in [3.8, 4) is 0 Å². The molecule has 1 unspecified atom stereocenters. The molecule has 6 nitrogen and oxygen atoms in total. The Balaban J connectivity index is 1.61. The van der Waals surface area contributed by atoms with E-state index in [1.54, 1.807) is 0 Å². The fourth-order valence-corrected chi connectivity index (χ4v) is 4.46. The topological polar surface area (TPSA) is 60.3 Å². The van der Waals surface area contributed by atoms with E-state index in [2.05, 4.69) is 59.3 Å². The minimum atomic E-state index is -0.124. The molecule has 1 aromatic rings. The van der Waals surface area contributed by atoms with E-state index in [9.17, 15) is 5.11 Å². The molecule has 29 heavy (non-hydrogen) atoms. The van der Waals surface area contributed by atoms with Gasteiger partial charge in [-0.05, 0) is 31.7 Å². The van der Waals surface area contributed by atoms with Crippen LogP contribution < -0.4 is 5.32 Å². The summed E-state index contributed by atoms with van der Waals surface area (Å²) < 4.78 is 5.49. The van der Waals surface area contributed by atoms with Gasteiger partial charge in [0, 0.05) is 57.4 Å². The summed E-state index contributed by atoms with van der Waals surface area (Å²) in [6, 6.07) is 11.3. The maximum Gasteiger partial charge on any atom is 0.194 e. The number of aliphatic imine (C=N–C) groups is 1. The summed E-state index contributed by atoms with van der Waals surface area (Å²) in [4.78, 5) is 9.93. The average Bonchev–Trinajstić information content (AvgIpc) is 2.79. The van der Waals surface area contributed by atoms with Crippen LogP contribution in [0, 0.1) is 5.41 Å². The number of hydrogen-bond acceptors (Lipinski definition) is 4. The number of rotatable bonds is 7. The zero-order valence-corrected chi connectivity index (χ0v) is 18.1. The third kappa shape index (κ3) is 5.71. The molecule has 0 amide bonds. The third-order valence-corrected chi connectivity index (χ3v) is 6.41. The van der Waals surface area contributed by atoms with Gasteiger partial charge in [-0.1, -0.05) is 37.3 Å². The number of piperazine rings is 1. The van der Waals surface area contributed by atoms with Crippen LogP contribution in [0.5, 0.6) is 0 Å². The lowest BCUT2D eigenvalue weighted by atomic mass is 9.81. The summed E-state index contributed by atoms with van der Waals surface area (Å²) in [5, 5.41) is 13.4. The summed E-state index contributed by atoms with van der Waals surface area (Å²) in [5.41, 5.74) is 1.29. The van der Waals surface area contributed by atoms with Crippen molar-refractivity contribution in [1.82, 2.24) is 15.1 Å². The van der Waals surface area contributed by atoms with Crippen LogP contribution in [0.1, 0.15) is 44.7 Å². The molecule has 0 spiro atoms. The van der Waals surface area contributed by atoms with Gasteiger partial charge in [0.1, 0.15) is 0 Å². The van der Waals surface area contributed by atoms with Gasteiger partial charge in [0.05, 0.1) is 13.2 Å². The molecular weight excluding hydrogens is 364 g/mol. The fourth-order valence-electron chi connectivity index (χ4n) is 4.46. The second-order valence-electron chi connectivity index (χ2n) is 8.30. The second kappa shape index (κ2) is 11.0. The first-order valence-corrected chi connectivity index (χ1v) is 11.2. The molecule has 6 heteroatoms. The van der Waals surface area contributed by atoms with Crippen molar-refractivity contribution >= 4 is 5.96 Å². The highest BCUT2D eigenvalue weighted by Gasteiger charge is 2.32. The molecule has 162 valence electrons. The molecule has 2 heterocycles. The molecule has 1 aromatic carbocycles. The van der Waals surface area contributed by atoms with Crippen molar-refractivity contribution in [2.24, 2.45) is 10.4 Å². The summed E-state index contributed by atoms with van der Waals surface area (Å²) >= 11 is 0. The lowest BCUT2D eigenvalue weighted by molar-refractivity contribution is -0.0107. The molecule has 0 radical (unpaired) electrons. The van der Waals surface area contributed by atoms with E-state index in [1.165, 1.54) is 5.56 Å². The van der Waals surface area contributed by atoms with Gasteiger partial charge in [-0.15, -0.1) is 0 Å². The first kappa shape index (κ1) is 22.1. The van der Waals surface area contributed by atoms with Gasteiger partial charge in [0.25, 0.3) is 0 Å². The van der Waals surface area contributed by atoms with E-state index in [-0.39, 0.29) is 12.0 Å². The summed E-state index contributed by atoms with van der Waals surface area (Å²) in [7, 11) is 0. The summed E-state index contributed by atoms with van der Waals surface area (Å²) in [5.74, 6) is 0.985.